The lowest BCUT2D eigenvalue weighted by molar-refractivity contribution is -0.148. The summed E-state index contributed by atoms with van der Waals surface area (Å²) in [6, 6.07) is 6.73. The van der Waals surface area contributed by atoms with Crippen LogP contribution < -0.4 is 0 Å². The third kappa shape index (κ3) is 4.30. The molecule has 2 rings (SSSR count). The SMILES string of the molecule is CCOC(=O)CN1C(=O)C(OC(C)C(C)C)=C1c1ccccc1C(=O)OC. The van der Waals surface area contributed by atoms with Gasteiger partial charge in [-0.2, -0.15) is 0 Å². The van der Waals surface area contributed by atoms with E-state index in [2.05, 4.69) is 0 Å². The summed E-state index contributed by atoms with van der Waals surface area (Å²) in [5.41, 5.74) is 1.15. The van der Waals surface area contributed by atoms with Gasteiger partial charge < -0.3 is 14.2 Å². The standard InChI is InChI=1S/C20H25NO6/c1-6-26-16(22)11-21-17(18(19(21)23)27-13(4)12(2)3)14-9-7-8-10-15(14)20(24)25-5/h7-10,12-13H,6,11H2,1-5H3. The third-order valence-corrected chi connectivity index (χ3v) is 4.35. The van der Waals surface area contributed by atoms with Crippen LogP contribution in [0.25, 0.3) is 5.70 Å². The van der Waals surface area contributed by atoms with Gasteiger partial charge in [-0.15, -0.1) is 0 Å². The van der Waals surface area contributed by atoms with E-state index in [0.717, 1.165) is 0 Å². The van der Waals surface area contributed by atoms with Crippen LogP contribution >= 0.6 is 0 Å². The van der Waals surface area contributed by atoms with Crippen molar-refractivity contribution in [2.24, 2.45) is 5.92 Å². The summed E-state index contributed by atoms with van der Waals surface area (Å²) in [5, 5.41) is 0. The molecule has 1 aliphatic heterocycles. The van der Waals surface area contributed by atoms with Gasteiger partial charge in [0.2, 0.25) is 5.76 Å². The average molecular weight is 375 g/mol. The van der Waals surface area contributed by atoms with Crippen molar-refractivity contribution < 1.29 is 28.6 Å². The van der Waals surface area contributed by atoms with E-state index in [9.17, 15) is 14.4 Å². The van der Waals surface area contributed by atoms with Crippen molar-refractivity contribution in [3.8, 4) is 0 Å². The maximum Gasteiger partial charge on any atom is 0.338 e. The second kappa shape index (κ2) is 8.70. The molecule has 0 radical (unpaired) electrons. The molecule has 1 atom stereocenters. The largest absolute Gasteiger partial charge is 0.483 e. The van der Waals surface area contributed by atoms with Gasteiger partial charge in [0, 0.05) is 5.56 Å². The summed E-state index contributed by atoms with van der Waals surface area (Å²) in [7, 11) is 1.29. The number of amides is 1. The van der Waals surface area contributed by atoms with Gasteiger partial charge >= 0.3 is 11.9 Å². The number of hydrogen-bond acceptors (Lipinski definition) is 6. The number of carbonyl (C=O) groups excluding carboxylic acids is 3. The van der Waals surface area contributed by atoms with Crippen molar-refractivity contribution in [3.63, 3.8) is 0 Å². The Kier molecular flexibility index (Phi) is 6.60. The zero-order valence-corrected chi connectivity index (χ0v) is 16.3. The second-order valence-corrected chi connectivity index (χ2v) is 6.48. The molecular formula is C20H25NO6. The Morgan fingerprint density at radius 3 is 2.41 bits per heavy atom. The van der Waals surface area contributed by atoms with Gasteiger partial charge in [0.15, 0.2) is 0 Å². The first-order valence-electron chi connectivity index (χ1n) is 8.87. The molecule has 0 spiro atoms. The summed E-state index contributed by atoms with van der Waals surface area (Å²) < 4.78 is 15.6. The minimum atomic E-state index is -0.537. The van der Waals surface area contributed by atoms with Crippen LogP contribution in [-0.2, 0) is 23.8 Å². The number of nitrogens with zero attached hydrogens (tertiary/aromatic N) is 1. The fraction of sp³-hybridized carbons (Fsp3) is 0.450. The van der Waals surface area contributed by atoms with E-state index in [-0.39, 0.29) is 36.5 Å². The highest BCUT2D eigenvalue weighted by atomic mass is 16.5. The van der Waals surface area contributed by atoms with E-state index in [0.29, 0.717) is 11.3 Å². The Morgan fingerprint density at radius 2 is 1.81 bits per heavy atom. The average Bonchev–Trinajstić information content (AvgIpc) is 2.66. The number of benzene rings is 1. The first-order chi connectivity index (χ1) is 12.8. The van der Waals surface area contributed by atoms with Crippen molar-refractivity contribution >= 4 is 23.5 Å². The minimum Gasteiger partial charge on any atom is -0.483 e. The number of methoxy groups -OCH3 is 1. The van der Waals surface area contributed by atoms with Gasteiger partial charge in [-0.1, -0.05) is 32.0 Å². The number of ether oxygens (including phenoxy) is 3. The van der Waals surface area contributed by atoms with E-state index in [1.165, 1.54) is 12.0 Å². The van der Waals surface area contributed by atoms with Crippen LogP contribution in [-0.4, -0.2) is 49.1 Å². The van der Waals surface area contributed by atoms with Crippen LogP contribution in [0.2, 0.25) is 0 Å². The summed E-state index contributed by atoms with van der Waals surface area (Å²) in [6.45, 7) is 7.48. The van der Waals surface area contributed by atoms with Crippen LogP contribution in [0.1, 0.15) is 43.6 Å². The molecule has 7 nitrogen and oxygen atoms in total. The van der Waals surface area contributed by atoms with Crippen LogP contribution in [0.4, 0.5) is 0 Å². The van der Waals surface area contributed by atoms with E-state index < -0.39 is 17.8 Å². The Hall–Kier alpha value is -2.83. The van der Waals surface area contributed by atoms with Gasteiger partial charge in [0.05, 0.1) is 25.4 Å². The number of carbonyl (C=O) groups is 3. The van der Waals surface area contributed by atoms with Gasteiger partial charge in [-0.25, -0.2) is 4.79 Å². The number of rotatable bonds is 8. The van der Waals surface area contributed by atoms with Crippen molar-refractivity contribution in [3.05, 3.63) is 41.2 Å². The topological polar surface area (TPSA) is 82.1 Å². The van der Waals surface area contributed by atoms with Gasteiger partial charge in [0.25, 0.3) is 5.91 Å². The molecular weight excluding hydrogens is 350 g/mol. The van der Waals surface area contributed by atoms with Crippen molar-refractivity contribution in [2.75, 3.05) is 20.3 Å². The lowest BCUT2D eigenvalue weighted by atomic mass is 9.97. The highest BCUT2D eigenvalue weighted by molar-refractivity contribution is 6.15. The molecule has 146 valence electrons. The first-order valence-corrected chi connectivity index (χ1v) is 8.87. The molecule has 0 aromatic heterocycles. The molecule has 1 aromatic rings. The van der Waals surface area contributed by atoms with E-state index in [1.54, 1.807) is 31.2 Å². The van der Waals surface area contributed by atoms with Crippen molar-refractivity contribution in [1.29, 1.82) is 0 Å². The smallest absolute Gasteiger partial charge is 0.338 e. The Labute approximate surface area is 158 Å². The normalized spacial score (nSPS) is 14.7. The monoisotopic (exact) mass is 375 g/mol. The van der Waals surface area contributed by atoms with Crippen LogP contribution in [0.3, 0.4) is 0 Å². The molecule has 1 aromatic carbocycles. The second-order valence-electron chi connectivity index (χ2n) is 6.48. The van der Waals surface area contributed by atoms with E-state index in [4.69, 9.17) is 14.2 Å². The number of hydrogen-bond donors (Lipinski definition) is 0. The van der Waals surface area contributed by atoms with Gasteiger partial charge in [-0.05, 0) is 25.8 Å². The lowest BCUT2D eigenvalue weighted by Gasteiger charge is -2.37. The van der Waals surface area contributed by atoms with Crippen LogP contribution in [0.5, 0.6) is 0 Å². The molecule has 1 aliphatic rings. The number of esters is 2. The summed E-state index contributed by atoms with van der Waals surface area (Å²) in [5.74, 6) is -1.16. The van der Waals surface area contributed by atoms with Crippen LogP contribution in [0.15, 0.2) is 30.0 Å². The molecule has 0 bridgehead atoms. The lowest BCUT2D eigenvalue weighted by Crippen LogP contribution is -2.46. The van der Waals surface area contributed by atoms with Gasteiger partial charge in [0.1, 0.15) is 12.2 Å². The molecule has 0 aliphatic carbocycles. The molecule has 1 heterocycles. The molecule has 0 saturated carbocycles. The molecule has 7 heteroatoms. The zero-order valence-electron chi connectivity index (χ0n) is 16.3. The molecule has 0 fully saturated rings. The zero-order chi connectivity index (χ0) is 20.1. The van der Waals surface area contributed by atoms with E-state index in [1.807, 2.05) is 20.8 Å². The molecule has 1 unspecified atom stereocenters. The summed E-state index contributed by atoms with van der Waals surface area (Å²) in [6.07, 6.45) is -0.214. The highest BCUT2D eigenvalue weighted by Gasteiger charge is 2.42. The third-order valence-electron chi connectivity index (χ3n) is 4.35. The highest BCUT2D eigenvalue weighted by Crippen LogP contribution is 2.37. The summed E-state index contributed by atoms with van der Waals surface area (Å²) in [4.78, 5) is 37.9. The van der Waals surface area contributed by atoms with Crippen molar-refractivity contribution in [2.45, 2.75) is 33.8 Å². The molecule has 1 amide bonds. The fourth-order valence-electron chi connectivity index (χ4n) is 2.56. The van der Waals surface area contributed by atoms with E-state index >= 15 is 0 Å². The van der Waals surface area contributed by atoms with Crippen molar-refractivity contribution in [1.82, 2.24) is 4.90 Å². The maximum atomic E-state index is 12.6. The molecule has 27 heavy (non-hydrogen) atoms. The predicted molar refractivity (Wildman–Crippen MR) is 98.4 cm³/mol. The maximum absolute atomic E-state index is 12.6. The Bertz CT molecular complexity index is 767. The first kappa shape index (κ1) is 20.5. The Balaban J connectivity index is 2.49. The van der Waals surface area contributed by atoms with Gasteiger partial charge in [-0.3, -0.25) is 14.5 Å². The van der Waals surface area contributed by atoms with Crippen LogP contribution in [0, 0.1) is 5.92 Å². The molecule has 0 N–H and O–H groups in total. The summed E-state index contributed by atoms with van der Waals surface area (Å²) >= 11 is 0. The molecule has 0 saturated heterocycles. The minimum absolute atomic E-state index is 0.136. The predicted octanol–water partition coefficient (Wildman–Crippen LogP) is 2.61. The Morgan fingerprint density at radius 1 is 1.15 bits per heavy atom. The fourth-order valence-corrected chi connectivity index (χ4v) is 2.56. The quantitative estimate of drug-likeness (QED) is 0.650.